The molecule has 1 rings (SSSR count). The third kappa shape index (κ3) is 10.6. The maximum absolute atomic E-state index is 13.0. The largest absolute Gasteiger partial charge is 0.387 e. The molecule has 1 aliphatic rings. The van der Waals surface area contributed by atoms with Crippen molar-refractivity contribution in [3.63, 3.8) is 0 Å². The van der Waals surface area contributed by atoms with Crippen LogP contribution in [0.3, 0.4) is 0 Å². The number of amides is 2. The number of carbonyl (C=O) groups excluding carboxylic acids is 2. The lowest BCUT2D eigenvalue weighted by atomic mass is 9.94. The van der Waals surface area contributed by atoms with E-state index < -0.39 is 36.4 Å². The van der Waals surface area contributed by atoms with Crippen molar-refractivity contribution < 1.29 is 29.6 Å². The summed E-state index contributed by atoms with van der Waals surface area (Å²) in [6.45, 7) is 7.54. The predicted molar refractivity (Wildman–Crippen MR) is 128 cm³/mol. The van der Waals surface area contributed by atoms with Crippen molar-refractivity contribution in [2.24, 2.45) is 10.5 Å². The van der Waals surface area contributed by atoms with E-state index in [9.17, 15) is 24.9 Å². The van der Waals surface area contributed by atoms with E-state index in [1.54, 1.807) is 11.0 Å². The Morgan fingerprint density at radius 2 is 1.88 bits per heavy atom. The molecule has 196 valence electrons. The second-order valence-corrected chi connectivity index (χ2v) is 10.0. The normalized spacial score (nSPS) is 21.1. The molecule has 0 aliphatic carbocycles. The van der Waals surface area contributed by atoms with Gasteiger partial charge in [-0.2, -0.15) is 5.11 Å². The van der Waals surface area contributed by atoms with E-state index in [-0.39, 0.29) is 11.3 Å². The second kappa shape index (κ2) is 15.2. The SMILES string of the molecule is CO[C@@H](C(=O)N[C@H]1CCCCN(CCCCCCN=N)C1=O)[C@H](O)[C@@H](O)[C@H](O)/C=C/C(C)(C)C. The maximum atomic E-state index is 13.0. The Hall–Kier alpha value is -1.88. The van der Waals surface area contributed by atoms with Gasteiger partial charge in [0.2, 0.25) is 5.91 Å². The van der Waals surface area contributed by atoms with Crippen LogP contribution in [0.1, 0.15) is 65.7 Å². The van der Waals surface area contributed by atoms with E-state index >= 15 is 0 Å². The van der Waals surface area contributed by atoms with Crippen LogP contribution in [0.25, 0.3) is 0 Å². The Balaban J connectivity index is 2.71. The quantitative estimate of drug-likeness (QED) is 0.144. The molecule has 10 heteroatoms. The molecule has 1 heterocycles. The van der Waals surface area contributed by atoms with Crippen LogP contribution in [0.2, 0.25) is 0 Å². The van der Waals surface area contributed by atoms with Gasteiger partial charge in [0.05, 0.1) is 6.54 Å². The molecule has 0 aromatic rings. The zero-order valence-corrected chi connectivity index (χ0v) is 21.1. The summed E-state index contributed by atoms with van der Waals surface area (Å²) in [6, 6.07) is -0.732. The molecule has 10 nitrogen and oxygen atoms in total. The molecule has 1 fully saturated rings. The molecular weight excluding hydrogens is 440 g/mol. The van der Waals surface area contributed by atoms with E-state index in [1.807, 2.05) is 20.8 Å². The molecule has 5 N–H and O–H groups in total. The van der Waals surface area contributed by atoms with Crippen LogP contribution >= 0.6 is 0 Å². The van der Waals surface area contributed by atoms with Crippen LogP contribution in [0, 0.1) is 10.9 Å². The van der Waals surface area contributed by atoms with E-state index in [0.29, 0.717) is 26.1 Å². The second-order valence-electron chi connectivity index (χ2n) is 10.0. The molecule has 0 aromatic carbocycles. The van der Waals surface area contributed by atoms with Gasteiger partial charge in [-0.05, 0) is 37.5 Å². The standard InChI is InChI=1S/C24H44N4O6/c1-24(2,3)13-12-18(29)19(30)20(31)21(34-4)22(32)27-17-11-7-10-16-28(23(17)33)15-9-6-5-8-14-26-25/h12-13,17-21,25,29-31H,5-11,14-16H2,1-4H3,(H,27,32)/b13-12+,26-25?/t17-,18+,19-,20+,21+/m0/s1. The topological polar surface area (TPSA) is 156 Å². The van der Waals surface area contributed by atoms with Crippen molar-refractivity contribution in [2.75, 3.05) is 26.7 Å². The van der Waals surface area contributed by atoms with Gasteiger partial charge in [-0.3, -0.25) is 9.59 Å². The van der Waals surface area contributed by atoms with Crippen molar-refractivity contribution in [3.05, 3.63) is 12.2 Å². The highest BCUT2D eigenvalue weighted by molar-refractivity contribution is 5.89. The van der Waals surface area contributed by atoms with Crippen molar-refractivity contribution in [1.82, 2.24) is 10.2 Å². The first-order chi connectivity index (χ1) is 16.0. The number of aliphatic hydroxyl groups is 3. The van der Waals surface area contributed by atoms with Gasteiger partial charge in [-0.15, -0.1) is 0 Å². The third-order valence-corrected chi connectivity index (χ3v) is 5.86. The van der Waals surface area contributed by atoms with E-state index in [2.05, 4.69) is 10.4 Å². The zero-order valence-electron chi connectivity index (χ0n) is 21.1. The highest BCUT2D eigenvalue weighted by Crippen LogP contribution is 2.18. The minimum absolute atomic E-state index is 0.162. The minimum Gasteiger partial charge on any atom is -0.387 e. The number of likely N-dealkylation sites (tertiary alicyclic amines) is 1. The van der Waals surface area contributed by atoms with Gasteiger partial charge in [0.1, 0.15) is 24.4 Å². The molecule has 2 amide bonds. The molecule has 0 unspecified atom stereocenters. The average molecular weight is 485 g/mol. The molecule has 0 bridgehead atoms. The van der Waals surface area contributed by atoms with Crippen LogP contribution in [-0.4, -0.2) is 89.2 Å². The number of nitrogens with one attached hydrogen (secondary N) is 2. The highest BCUT2D eigenvalue weighted by atomic mass is 16.5. The summed E-state index contributed by atoms with van der Waals surface area (Å²) in [5.74, 6) is -0.870. The Morgan fingerprint density at radius 1 is 1.21 bits per heavy atom. The first kappa shape index (κ1) is 30.2. The first-order valence-corrected chi connectivity index (χ1v) is 12.2. The van der Waals surface area contributed by atoms with Crippen LogP contribution < -0.4 is 5.32 Å². The number of unbranched alkanes of at least 4 members (excludes halogenated alkanes) is 3. The van der Waals surface area contributed by atoms with Crippen molar-refractivity contribution in [2.45, 2.75) is 96.2 Å². The molecule has 1 aliphatic heterocycles. The molecule has 0 saturated carbocycles. The fraction of sp³-hybridized carbons (Fsp3) is 0.833. The number of methoxy groups -OCH3 is 1. The van der Waals surface area contributed by atoms with E-state index in [0.717, 1.165) is 38.5 Å². The monoisotopic (exact) mass is 484 g/mol. The molecule has 0 spiro atoms. The van der Waals surface area contributed by atoms with Gasteiger partial charge in [0.15, 0.2) is 6.10 Å². The van der Waals surface area contributed by atoms with Gasteiger partial charge in [0.25, 0.3) is 5.91 Å². The smallest absolute Gasteiger partial charge is 0.252 e. The molecule has 5 atom stereocenters. The molecule has 1 saturated heterocycles. The maximum Gasteiger partial charge on any atom is 0.252 e. The number of allylic oxidation sites excluding steroid dienone is 1. The number of nitrogens with zero attached hydrogens (tertiary/aromatic N) is 2. The molecular formula is C24H44N4O6. The first-order valence-electron chi connectivity index (χ1n) is 12.2. The Labute approximate surface area is 203 Å². The average Bonchev–Trinajstić information content (AvgIpc) is 2.95. The summed E-state index contributed by atoms with van der Waals surface area (Å²) in [7, 11) is 1.23. The highest BCUT2D eigenvalue weighted by Gasteiger charge is 2.37. The number of hydrogen-bond acceptors (Lipinski definition) is 8. The summed E-state index contributed by atoms with van der Waals surface area (Å²) >= 11 is 0. The summed E-state index contributed by atoms with van der Waals surface area (Å²) < 4.78 is 5.13. The van der Waals surface area contributed by atoms with Crippen LogP contribution in [0.5, 0.6) is 0 Å². The number of carbonyl (C=O) groups is 2. The Bertz CT molecular complexity index is 666. The van der Waals surface area contributed by atoms with Gasteiger partial charge < -0.3 is 30.3 Å². The minimum atomic E-state index is -1.68. The predicted octanol–water partition coefficient (Wildman–Crippen LogP) is 1.78. The van der Waals surface area contributed by atoms with Crippen molar-refractivity contribution >= 4 is 11.8 Å². The third-order valence-electron chi connectivity index (χ3n) is 5.86. The number of hydrogen-bond donors (Lipinski definition) is 5. The zero-order chi connectivity index (χ0) is 25.7. The van der Waals surface area contributed by atoms with Crippen LogP contribution in [-0.2, 0) is 14.3 Å². The van der Waals surface area contributed by atoms with Gasteiger partial charge >= 0.3 is 0 Å². The van der Waals surface area contributed by atoms with Gasteiger partial charge in [0, 0.05) is 20.2 Å². The lowest BCUT2D eigenvalue weighted by Crippen LogP contribution is -2.55. The fourth-order valence-electron chi connectivity index (χ4n) is 3.85. The van der Waals surface area contributed by atoms with Gasteiger partial charge in [-0.1, -0.05) is 45.8 Å². The Kier molecular flexibility index (Phi) is 13.5. The summed E-state index contributed by atoms with van der Waals surface area (Å²) in [4.78, 5) is 27.6. The van der Waals surface area contributed by atoms with Crippen LogP contribution in [0.4, 0.5) is 0 Å². The van der Waals surface area contributed by atoms with E-state index in [1.165, 1.54) is 13.2 Å². The Morgan fingerprint density at radius 3 is 2.50 bits per heavy atom. The molecule has 0 radical (unpaired) electrons. The fourth-order valence-corrected chi connectivity index (χ4v) is 3.85. The van der Waals surface area contributed by atoms with Crippen molar-refractivity contribution in [3.8, 4) is 0 Å². The van der Waals surface area contributed by atoms with Crippen molar-refractivity contribution in [1.29, 1.82) is 5.53 Å². The number of aliphatic hydroxyl groups excluding tert-OH is 3. The van der Waals surface area contributed by atoms with E-state index in [4.69, 9.17) is 10.3 Å². The van der Waals surface area contributed by atoms with Crippen LogP contribution in [0.15, 0.2) is 17.3 Å². The lowest BCUT2D eigenvalue weighted by molar-refractivity contribution is -0.151. The summed E-state index contributed by atoms with van der Waals surface area (Å²) in [5.41, 5.74) is 6.58. The number of rotatable bonds is 14. The number of ether oxygens (including phenoxy) is 1. The molecule has 0 aromatic heterocycles. The molecule has 34 heavy (non-hydrogen) atoms. The summed E-state index contributed by atoms with van der Waals surface area (Å²) in [6.07, 6.45) is 2.65. The summed E-state index contributed by atoms with van der Waals surface area (Å²) in [5, 5.41) is 37.1. The lowest BCUT2D eigenvalue weighted by Gasteiger charge is -2.29. The van der Waals surface area contributed by atoms with Gasteiger partial charge in [-0.25, -0.2) is 5.53 Å².